The Balaban J connectivity index is 2.92. The predicted octanol–water partition coefficient (Wildman–Crippen LogP) is 1.48. The van der Waals surface area contributed by atoms with Gasteiger partial charge in [0.05, 0.1) is 5.70 Å². The van der Waals surface area contributed by atoms with Crippen molar-refractivity contribution in [3.05, 3.63) is 47.7 Å². The maximum atomic E-state index is 11.5. The van der Waals surface area contributed by atoms with Gasteiger partial charge in [0.15, 0.2) is 0 Å². The summed E-state index contributed by atoms with van der Waals surface area (Å²) in [6.07, 6.45) is 0.900. The zero-order valence-electron chi connectivity index (χ0n) is 7.24. The van der Waals surface area contributed by atoms with Crippen LogP contribution in [0, 0.1) is 0 Å². The maximum absolute atomic E-state index is 11.5. The van der Waals surface area contributed by atoms with Crippen molar-refractivity contribution in [1.29, 1.82) is 0 Å². The van der Waals surface area contributed by atoms with Crippen molar-refractivity contribution in [2.75, 3.05) is 0 Å². The number of hydrogen-bond acceptors (Lipinski definition) is 3. The molecule has 0 aliphatic rings. The molecular weight excluding hydrogens is 202 g/mol. The summed E-state index contributed by atoms with van der Waals surface area (Å²) >= 11 is 5.06. The fourth-order valence-electron chi connectivity index (χ4n) is 0.944. The molecular formula is C10H8ClNO2. The number of halogens is 1. The third kappa shape index (κ3) is 2.71. The minimum absolute atomic E-state index is 0.156. The van der Waals surface area contributed by atoms with Gasteiger partial charge in [-0.05, 0) is 11.6 Å². The summed E-state index contributed by atoms with van der Waals surface area (Å²) in [5.74, 6) is -0.403. The Labute approximate surface area is 86.2 Å². The molecule has 0 amide bonds. The van der Waals surface area contributed by atoms with Crippen LogP contribution in [0.3, 0.4) is 0 Å². The average molecular weight is 210 g/mol. The standard InChI is InChI=1S/C10H8ClNO2/c11-9(13)6-8(12)10(14)7-4-2-1-3-5-7/h1-6H,12H2/b8-6-. The normalized spacial score (nSPS) is 11.1. The molecule has 0 radical (unpaired) electrons. The highest BCUT2D eigenvalue weighted by atomic mass is 35.5. The molecule has 0 aliphatic carbocycles. The van der Waals surface area contributed by atoms with Gasteiger partial charge < -0.3 is 5.73 Å². The van der Waals surface area contributed by atoms with Gasteiger partial charge in [-0.25, -0.2) is 0 Å². The third-order valence-corrected chi connectivity index (χ3v) is 1.68. The lowest BCUT2D eigenvalue weighted by atomic mass is 10.1. The van der Waals surface area contributed by atoms with Crippen LogP contribution >= 0.6 is 11.6 Å². The molecule has 0 atom stereocenters. The molecule has 3 nitrogen and oxygen atoms in total. The predicted molar refractivity (Wildman–Crippen MR) is 53.9 cm³/mol. The van der Waals surface area contributed by atoms with Crippen molar-refractivity contribution in [3.8, 4) is 0 Å². The molecule has 0 bridgehead atoms. The van der Waals surface area contributed by atoms with E-state index in [2.05, 4.69) is 0 Å². The topological polar surface area (TPSA) is 60.2 Å². The van der Waals surface area contributed by atoms with Crippen molar-refractivity contribution < 1.29 is 9.59 Å². The van der Waals surface area contributed by atoms with Gasteiger partial charge in [-0.1, -0.05) is 30.3 Å². The number of hydrogen-bond donors (Lipinski definition) is 1. The van der Waals surface area contributed by atoms with E-state index in [9.17, 15) is 9.59 Å². The Kier molecular flexibility index (Phi) is 3.42. The SMILES string of the molecule is N/C(=C\C(=O)Cl)C(=O)c1ccccc1. The molecule has 0 heterocycles. The molecule has 0 unspecified atom stereocenters. The van der Waals surface area contributed by atoms with Crippen molar-refractivity contribution >= 4 is 22.6 Å². The van der Waals surface area contributed by atoms with Crippen LogP contribution in [0.1, 0.15) is 10.4 Å². The molecule has 72 valence electrons. The summed E-state index contributed by atoms with van der Waals surface area (Å²) in [6.45, 7) is 0. The number of rotatable bonds is 3. The Morgan fingerprint density at radius 3 is 2.29 bits per heavy atom. The lowest BCUT2D eigenvalue weighted by Gasteiger charge is -1.98. The summed E-state index contributed by atoms with van der Waals surface area (Å²) in [5.41, 5.74) is 5.63. The zero-order chi connectivity index (χ0) is 10.6. The number of nitrogens with two attached hydrogens (primary N) is 1. The molecule has 1 rings (SSSR count). The maximum Gasteiger partial charge on any atom is 0.247 e. The van der Waals surface area contributed by atoms with Crippen molar-refractivity contribution in [2.45, 2.75) is 0 Å². The van der Waals surface area contributed by atoms with Crippen LogP contribution in [-0.2, 0) is 4.79 Å². The van der Waals surface area contributed by atoms with Gasteiger partial charge in [0, 0.05) is 11.6 Å². The first-order valence-electron chi connectivity index (χ1n) is 3.87. The Morgan fingerprint density at radius 2 is 1.79 bits per heavy atom. The first-order valence-corrected chi connectivity index (χ1v) is 4.25. The highest BCUT2D eigenvalue weighted by Gasteiger charge is 2.08. The lowest BCUT2D eigenvalue weighted by molar-refractivity contribution is -0.107. The molecule has 1 aromatic rings. The Hall–Kier alpha value is -1.61. The largest absolute Gasteiger partial charge is 0.395 e. The summed E-state index contributed by atoms with van der Waals surface area (Å²) in [7, 11) is 0. The number of allylic oxidation sites excluding steroid dienone is 2. The van der Waals surface area contributed by atoms with Crippen molar-refractivity contribution in [3.63, 3.8) is 0 Å². The number of carbonyl (C=O) groups is 2. The molecule has 0 aromatic heterocycles. The fraction of sp³-hybridized carbons (Fsp3) is 0. The van der Waals surface area contributed by atoms with Crippen LogP contribution in [0.5, 0.6) is 0 Å². The zero-order valence-corrected chi connectivity index (χ0v) is 7.99. The summed E-state index contributed by atoms with van der Waals surface area (Å²) in [4.78, 5) is 21.9. The summed E-state index contributed by atoms with van der Waals surface area (Å²) in [6, 6.07) is 8.43. The highest BCUT2D eigenvalue weighted by Crippen LogP contribution is 2.04. The van der Waals surface area contributed by atoms with Gasteiger partial charge in [0.2, 0.25) is 11.0 Å². The lowest BCUT2D eigenvalue weighted by Crippen LogP contribution is -2.12. The second-order valence-electron chi connectivity index (χ2n) is 2.60. The monoisotopic (exact) mass is 209 g/mol. The van der Waals surface area contributed by atoms with Crippen molar-refractivity contribution in [1.82, 2.24) is 0 Å². The molecule has 0 spiro atoms. The van der Waals surface area contributed by atoms with E-state index in [1.165, 1.54) is 0 Å². The molecule has 4 heteroatoms. The molecule has 0 saturated heterocycles. The summed E-state index contributed by atoms with van der Waals surface area (Å²) in [5, 5.41) is -0.758. The summed E-state index contributed by atoms with van der Waals surface area (Å²) < 4.78 is 0. The van der Waals surface area contributed by atoms with E-state index in [1.54, 1.807) is 30.3 Å². The molecule has 1 aromatic carbocycles. The Morgan fingerprint density at radius 1 is 1.21 bits per heavy atom. The van der Waals surface area contributed by atoms with E-state index in [1.807, 2.05) is 0 Å². The van der Waals surface area contributed by atoms with E-state index in [4.69, 9.17) is 17.3 Å². The third-order valence-electron chi connectivity index (χ3n) is 1.57. The van der Waals surface area contributed by atoms with Crippen LogP contribution in [0.25, 0.3) is 0 Å². The first kappa shape index (κ1) is 10.5. The second kappa shape index (κ2) is 4.58. The van der Waals surface area contributed by atoms with Crippen LogP contribution in [0.4, 0.5) is 0 Å². The van der Waals surface area contributed by atoms with Crippen LogP contribution in [0.2, 0.25) is 0 Å². The molecule has 2 N–H and O–H groups in total. The van der Waals surface area contributed by atoms with Gasteiger partial charge in [-0.3, -0.25) is 9.59 Å². The van der Waals surface area contributed by atoms with Crippen LogP contribution in [0.15, 0.2) is 42.1 Å². The second-order valence-corrected chi connectivity index (χ2v) is 2.97. The van der Waals surface area contributed by atoms with Gasteiger partial charge in [-0.15, -0.1) is 0 Å². The van der Waals surface area contributed by atoms with Gasteiger partial charge in [-0.2, -0.15) is 0 Å². The van der Waals surface area contributed by atoms with Gasteiger partial charge in [0.25, 0.3) is 0 Å². The number of ketones is 1. The van der Waals surface area contributed by atoms with Crippen molar-refractivity contribution in [2.24, 2.45) is 5.73 Å². The number of benzene rings is 1. The van der Waals surface area contributed by atoms with Crippen LogP contribution in [-0.4, -0.2) is 11.0 Å². The minimum atomic E-state index is -0.758. The molecule has 0 fully saturated rings. The van der Waals surface area contributed by atoms with E-state index in [0.29, 0.717) is 5.56 Å². The first-order chi connectivity index (χ1) is 6.61. The van der Waals surface area contributed by atoms with Gasteiger partial charge >= 0.3 is 0 Å². The number of carbonyl (C=O) groups excluding carboxylic acids is 2. The van der Waals surface area contributed by atoms with E-state index in [0.717, 1.165) is 6.08 Å². The average Bonchev–Trinajstić information content (AvgIpc) is 2.17. The Bertz CT molecular complexity index is 384. The van der Waals surface area contributed by atoms with E-state index >= 15 is 0 Å². The fourth-order valence-corrected chi connectivity index (χ4v) is 1.06. The molecule has 0 aliphatic heterocycles. The number of Topliss-reactive ketones (excluding diaryl/α,β-unsaturated/α-hetero) is 1. The minimum Gasteiger partial charge on any atom is -0.395 e. The van der Waals surface area contributed by atoms with E-state index < -0.39 is 11.0 Å². The molecule has 0 saturated carbocycles. The highest BCUT2D eigenvalue weighted by molar-refractivity contribution is 6.66. The smallest absolute Gasteiger partial charge is 0.247 e. The van der Waals surface area contributed by atoms with Gasteiger partial charge in [0.1, 0.15) is 0 Å². The van der Waals surface area contributed by atoms with Crippen LogP contribution < -0.4 is 5.73 Å². The molecule has 14 heavy (non-hydrogen) atoms. The van der Waals surface area contributed by atoms with E-state index in [-0.39, 0.29) is 5.70 Å². The quantitative estimate of drug-likeness (QED) is 0.466.